The fourth-order valence-electron chi connectivity index (χ4n) is 18.1. The lowest BCUT2D eigenvalue weighted by atomic mass is 9.69. The van der Waals surface area contributed by atoms with Crippen molar-refractivity contribution in [3.05, 3.63) is 154 Å². The molecule has 30 heteroatoms. The summed E-state index contributed by atoms with van der Waals surface area (Å²) in [5, 5.41) is 49.3. The molecule has 0 amide bonds. The minimum absolute atomic E-state index is 0. The van der Waals surface area contributed by atoms with Gasteiger partial charge in [0.2, 0.25) is 40.8 Å². The maximum atomic E-state index is 12.4. The molecule has 9 aliphatic heterocycles. The van der Waals surface area contributed by atoms with E-state index < -0.39 is 24.8 Å². The molecule has 22 nitrogen and oxygen atoms in total. The third kappa shape index (κ3) is 12.0. The molecule has 0 spiro atoms. The van der Waals surface area contributed by atoms with Crippen LogP contribution in [-0.4, -0.2) is 154 Å². The Morgan fingerprint density at radius 3 is 0.898 bits per heavy atom. The maximum Gasteiger partial charge on any atom is 0.231 e. The van der Waals surface area contributed by atoms with Gasteiger partial charge in [-0.15, -0.1) is 74.4 Å². The number of hydrogen-bond donors (Lipinski definition) is 6. The van der Waals surface area contributed by atoms with Gasteiger partial charge in [0.1, 0.15) is 44.2 Å². The molecule has 7 N–H and O–H groups in total. The lowest BCUT2D eigenvalue weighted by Crippen LogP contribution is -2.58. The van der Waals surface area contributed by atoms with Crippen LogP contribution in [0.4, 0.5) is 0 Å². The van der Waals surface area contributed by atoms with Crippen molar-refractivity contribution in [2.45, 2.75) is 93.1 Å². The van der Waals surface area contributed by atoms with Crippen LogP contribution in [0, 0.1) is 14.9 Å². The van der Waals surface area contributed by atoms with Gasteiger partial charge in [-0.2, -0.15) is 0 Å². The van der Waals surface area contributed by atoms with Gasteiger partial charge in [0, 0.05) is 31.5 Å². The number of nitrogens with one attached hydrogen (secondary N) is 3. The molecule has 0 saturated carbocycles. The predicted octanol–water partition coefficient (Wildman–Crippen LogP) is 9.81. The molecule has 9 heterocycles. The molecule has 2 unspecified atom stereocenters. The number of rotatable bonds is 12. The van der Waals surface area contributed by atoms with Crippen LogP contribution in [0.15, 0.2) is 72.8 Å². The first-order valence-electron chi connectivity index (χ1n) is 31.1. The van der Waals surface area contributed by atoms with Crippen molar-refractivity contribution in [2.75, 3.05) is 101 Å². The molecule has 0 saturated heterocycles. The van der Waals surface area contributed by atoms with Gasteiger partial charge in [-0.1, -0.05) is 18.2 Å². The van der Waals surface area contributed by atoms with Gasteiger partial charge in [-0.05, 0) is 119 Å². The van der Waals surface area contributed by atoms with Crippen molar-refractivity contribution >= 4 is 92.7 Å². The lowest BCUT2D eigenvalue weighted by Gasteiger charge is -2.53. The molecule has 0 bridgehead atoms. The van der Waals surface area contributed by atoms with Gasteiger partial charge in [0.05, 0.1) is 113 Å². The number of quaternary nitrogens is 3. The van der Waals surface area contributed by atoms with Crippen LogP contribution in [0.3, 0.4) is 0 Å². The summed E-state index contributed by atoms with van der Waals surface area (Å²) in [6.07, 6.45) is -0.622. The second kappa shape index (κ2) is 28.5. The molecule has 12 aliphatic rings. The molecule has 0 fully saturated rings. The van der Waals surface area contributed by atoms with Crippen molar-refractivity contribution in [1.29, 1.82) is 0 Å². The van der Waals surface area contributed by atoms with Crippen LogP contribution in [0.2, 0.25) is 0 Å². The normalized spacial score (nSPS) is 28.4. The van der Waals surface area contributed by atoms with E-state index in [0.29, 0.717) is 126 Å². The molecule has 0 radical (unpaired) electrons. The first-order valence-corrected chi connectivity index (χ1v) is 33.9. The van der Waals surface area contributed by atoms with Crippen LogP contribution in [0.1, 0.15) is 103 Å². The Bertz CT molecular complexity index is 3680. The van der Waals surface area contributed by atoms with Gasteiger partial charge in [-0.25, -0.2) is 0 Å². The minimum Gasteiger partial charge on any atom is -0.870 e. The number of ether oxygens (including phenoxy) is 12. The van der Waals surface area contributed by atoms with E-state index in [1.807, 2.05) is 18.2 Å². The summed E-state index contributed by atoms with van der Waals surface area (Å²) < 4.78 is 74.2. The van der Waals surface area contributed by atoms with E-state index in [2.05, 4.69) is 91.0 Å². The third-order valence-corrected chi connectivity index (χ3v) is 25.1. The van der Waals surface area contributed by atoms with Crippen LogP contribution >= 0.6 is 80.9 Å². The molecule has 532 valence electrons. The second-order valence-corrected chi connectivity index (χ2v) is 30.8. The van der Waals surface area contributed by atoms with Crippen molar-refractivity contribution in [2.24, 2.45) is 0 Å². The average molecular weight is 1520 g/mol. The Kier molecular flexibility index (Phi) is 22.3. The van der Waals surface area contributed by atoms with Crippen LogP contribution in [-0.2, 0) is 50.7 Å². The van der Waals surface area contributed by atoms with Gasteiger partial charge in [0.15, 0.2) is 69.0 Å². The summed E-state index contributed by atoms with van der Waals surface area (Å²) in [6.45, 7) is 3.20. The molecule has 18 rings (SSSR count). The molecule has 0 aromatic heterocycles. The summed E-state index contributed by atoms with van der Waals surface area (Å²) in [5.41, 5.74) is 13.0. The number of likely N-dealkylation sites (N-methyl/N-ethyl adjacent to an activating group) is 3. The largest absolute Gasteiger partial charge is 0.870 e. The highest BCUT2D eigenvalue weighted by atomic mass is 35.5. The average Bonchev–Trinajstić information content (AvgIpc) is 1.14. The summed E-state index contributed by atoms with van der Waals surface area (Å²) in [4.78, 5) is 0. The van der Waals surface area contributed by atoms with E-state index in [1.165, 1.54) is 0 Å². The zero-order valence-corrected chi connectivity index (χ0v) is 61.3. The fourth-order valence-corrected chi connectivity index (χ4v) is 20.5. The van der Waals surface area contributed by atoms with Crippen molar-refractivity contribution in [3.63, 3.8) is 0 Å². The number of aliphatic hydroxyl groups is 3. The predicted molar refractivity (Wildman–Crippen MR) is 382 cm³/mol. The first kappa shape index (κ1) is 76.8. The molecular formula is C68H85Cl6N6O16PS+4. The Balaban J connectivity index is 0.00000125. The van der Waals surface area contributed by atoms with E-state index in [-0.39, 0.29) is 171 Å². The van der Waals surface area contributed by atoms with Gasteiger partial charge >= 0.3 is 0 Å². The van der Waals surface area contributed by atoms with Crippen LogP contribution in [0.5, 0.6) is 69.0 Å². The van der Waals surface area contributed by atoms with E-state index in [1.54, 1.807) is 0 Å². The van der Waals surface area contributed by atoms with Gasteiger partial charge < -0.3 is 91.1 Å². The Morgan fingerprint density at radius 1 is 0.378 bits per heavy atom. The number of fused-ring (bicyclic) bond motifs is 24. The van der Waals surface area contributed by atoms with E-state index in [4.69, 9.17) is 68.6 Å². The molecule has 3 aliphatic carbocycles. The highest BCUT2D eigenvalue weighted by Crippen LogP contribution is 2.61. The van der Waals surface area contributed by atoms with Gasteiger partial charge in [-0.3, -0.25) is 15.3 Å². The fraction of sp³-hybridized carbons (Fsp3) is 0.441. The zero-order valence-electron chi connectivity index (χ0n) is 54.7. The van der Waals surface area contributed by atoms with E-state index in [9.17, 15) is 15.3 Å². The molecule has 98 heavy (non-hydrogen) atoms. The maximum absolute atomic E-state index is 12.4. The first-order chi connectivity index (χ1) is 43.2. The number of aliphatic hydroxyl groups excluding tert-OH is 3. The zero-order chi connectivity index (χ0) is 59.9. The van der Waals surface area contributed by atoms with E-state index >= 15 is 0 Å². The van der Waals surface area contributed by atoms with Crippen molar-refractivity contribution in [3.8, 4) is 69.0 Å². The second-order valence-electron chi connectivity index (χ2n) is 27.0. The summed E-state index contributed by atoms with van der Waals surface area (Å²) in [7, 11) is 6.88. The summed E-state index contributed by atoms with van der Waals surface area (Å²) in [5.74, 6) is 7.90. The summed E-state index contributed by atoms with van der Waals surface area (Å²) in [6, 6.07) is 24.5. The Morgan fingerprint density at radius 2 is 0.622 bits per heavy atom. The Labute approximate surface area is 612 Å². The topological polar surface area (TPSA) is 238 Å². The van der Waals surface area contributed by atoms with Crippen molar-refractivity contribution < 1.29 is 91.1 Å². The number of nitrogens with zero attached hydrogens (tertiary/aromatic N) is 3. The molecular weight excluding hydrogens is 1430 g/mol. The summed E-state index contributed by atoms with van der Waals surface area (Å²) >= 11 is 7.08. The van der Waals surface area contributed by atoms with Crippen LogP contribution in [0.25, 0.3) is 0 Å². The minimum atomic E-state index is -2.96. The van der Waals surface area contributed by atoms with E-state index in [0.717, 1.165) is 101 Å². The highest BCUT2D eigenvalue weighted by Gasteiger charge is 2.57. The lowest BCUT2D eigenvalue weighted by molar-refractivity contribution is -0.956. The molecule has 6 aromatic rings. The van der Waals surface area contributed by atoms with Gasteiger partial charge in [0.25, 0.3) is 0 Å². The highest BCUT2D eigenvalue weighted by molar-refractivity contribution is 8.11. The van der Waals surface area contributed by atoms with Crippen molar-refractivity contribution in [1.82, 2.24) is 15.3 Å². The number of hydrogen-bond acceptors (Lipinski definition) is 17. The third-order valence-electron chi connectivity index (χ3n) is 22.0. The smallest absolute Gasteiger partial charge is 0.231 e. The molecule has 12 atom stereocenters. The Hall–Kier alpha value is -5.35. The SMILES string of the molecule is C[N+]1(CCNP(=S)(NCC[N+]2(C)Cc3c(ccc4c3OCO4)[C@@H]3[C@H]2c2cc4c(cc2C[C@@H]3O)OCO4)NCC[N@+]2(C)Cc3c(ccc4c3OCO4)[C@@H]3[C@H]2c2cc4c(cc2C[C@@H]3O)OCO4)Cc2c(ccc3c2OCO3)[C@@H]2[C@H]1c1cc3c(cc1C[C@@H]2O)OCO3.Cl.Cl.Cl.Cl.Cl.Cl.[CH3+].[CH3+].[OH-]. The molecule has 6 aromatic carbocycles. The standard InChI is InChI=1S/C66H72N6O15PS.2CH3.6ClH.H2O/c1-70(25-43-37(4-7-49-64(43)85-31-76-49)58-46(73)16-34-19-52-55(82-28-79-52)22-40(34)61(58)70)13-10-67-88(89,68-11-14-71(2)26-44-38(5-8-50-65(44)86-32-77-50)59-47(74)17-35-20-53-56(83-29-80-53)23-41(35)62(59)71)69-12-15-72(3)27-45-39(6-9-51-66(45)87-33-78-51)60-48(75)18-36-21-54-57(84-30-81-54)24-42(36)63(60)72;;;;;;;;;/h4-9,19-24,46-48,58-63,73-75H,10-18,25-33H2,1-3H3,(H3,67,68,69,89);2*1H3;6*1H;1H2/q+3;2*+1;;;;;;;/p-1/t46-,47-,48-,58-,59-,60-,61+,62+,63+,70+,71?,72?,88?;;;;;;;;;/m0........./s1. The van der Waals surface area contributed by atoms with Crippen LogP contribution < -0.4 is 72.1 Å². The monoisotopic (exact) mass is 1510 g/mol. The quantitative estimate of drug-likeness (QED) is 0.0380. The number of benzene rings is 6. The number of halogens is 6.